The Balaban J connectivity index is 1.53. The van der Waals surface area contributed by atoms with Gasteiger partial charge in [0.1, 0.15) is 5.03 Å². The van der Waals surface area contributed by atoms with Gasteiger partial charge in [-0.3, -0.25) is 4.98 Å². The van der Waals surface area contributed by atoms with E-state index in [1.807, 2.05) is 54.6 Å². The Morgan fingerprint density at radius 2 is 1.73 bits per heavy atom. The van der Waals surface area contributed by atoms with E-state index in [4.69, 9.17) is 4.42 Å². The summed E-state index contributed by atoms with van der Waals surface area (Å²) in [7, 11) is 0. The molecule has 0 bridgehead atoms. The molecule has 0 atom stereocenters. The molecule has 0 aliphatic carbocycles. The van der Waals surface area contributed by atoms with Gasteiger partial charge in [-0.15, -0.1) is 16.9 Å². The fourth-order valence-corrected chi connectivity index (χ4v) is 3.27. The maximum absolute atomic E-state index is 5.77. The van der Waals surface area contributed by atoms with Crippen molar-refractivity contribution in [2.24, 2.45) is 0 Å². The molecule has 0 spiro atoms. The number of thioether (sulfide) groups is 1. The Morgan fingerprint density at radius 3 is 2.58 bits per heavy atom. The predicted molar refractivity (Wildman–Crippen MR) is 101 cm³/mol. The van der Waals surface area contributed by atoms with E-state index in [2.05, 4.69) is 25.5 Å². The minimum Gasteiger partial charge on any atom is -0.403 e. The third kappa shape index (κ3) is 3.89. The summed E-state index contributed by atoms with van der Waals surface area (Å²) in [5, 5.41) is 12.2. The second-order valence-corrected chi connectivity index (χ2v) is 6.37. The third-order valence-corrected chi connectivity index (χ3v) is 4.65. The molecule has 0 aliphatic heterocycles. The Bertz CT molecular complexity index is 975. The van der Waals surface area contributed by atoms with Gasteiger partial charge in [0.05, 0.1) is 5.56 Å². The first-order valence-electron chi connectivity index (χ1n) is 8.01. The molecule has 3 aromatic heterocycles. The molecule has 26 heavy (non-hydrogen) atoms. The predicted octanol–water partition coefficient (Wildman–Crippen LogP) is 4.56. The van der Waals surface area contributed by atoms with Crippen LogP contribution in [0.2, 0.25) is 0 Å². The molecule has 0 fully saturated rings. The molecular weight excluding hydrogens is 346 g/mol. The molecule has 0 saturated heterocycles. The van der Waals surface area contributed by atoms with E-state index in [-0.39, 0.29) is 0 Å². The summed E-state index contributed by atoms with van der Waals surface area (Å²) in [4.78, 5) is 8.50. The summed E-state index contributed by atoms with van der Waals surface area (Å²) in [6.07, 6.45) is 5.33. The molecule has 0 radical (unpaired) electrons. The number of anilines is 2. The summed E-state index contributed by atoms with van der Waals surface area (Å²) in [6, 6.07) is 17.8. The van der Waals surface area contributed by atoms with Crippen molar-refractivity contribution in [1.29, 1.82) is 0 Å². The summed E-state index contributed by atoms with van der Waals surface area (Å²) in [5.74, 6) is 1.23. The van der Waals surface area contributed by atoms with E-state index in [1.54, 1.807) is 30.4 Å². The Morgan fingerprint density at radius 1 is 0.885 bits per heavy atom. The van der Waals surface area contributed by atoms with Crippen LogP contribution >= 0.6 is 11.8 Å². The molecule has 0 unspecified atom stereocenters. The maximum atomic E-state index is 5.77. The van der Waals surface area contributed by atoms with E-state index in [1.165, 1.54) is 5.56 Å². The van der Waals surface area contributed by atoms with Crippen LogP contribution < -0.4 is 5.32 Å². The Kier molecular flexibility index (Phi) is 4.88. The van der Waals surface area contributed by atoms with Crippen LogP contribution in [0.1, 0.15) is 5.56 Å². The lowest BCUT2D eigenvalue weighted by Gasteiger charge is -2.05. The highest BCUT2D eigenvalue weighted by Gasteiger charge is 2.14. The van der Waals surface area contributed by atoms with Crippen molar-refractivity contribution in [2.75, 3.05) is 5.32 Å². The molecule has 4 aromatic rings. The zero-order valence-electron chi connectivity index (χ0n) is 13.7. The summed E-state index contributed by atoms with van der Waals surface area (Å²) in [5.41, 5.74) is 2.89. The lowest BCUT2D eigenvalue weighted by Crippen LogP contribution is -1.89. The highest BCUT2D eigenvalue weighted by atomic mass is 32.2. The summed E-state index contributed by atoms with van der Waals surface area (Å²) < 4.78 is 5.77. The Hall–Kier alpha value is -3.19. The van der Waals surface area contributed by atoms with Crippen molar-refractivity contribution in [3.05, 3.63) is 78.8 Å². The molecule has 128 valence electrons. The number of nitrogens with zero attached hydrogens (tertiary/aromatic N) is 4. The second kappa shape index (κ2) is 7.79. The highest BCUT2D eigenvalue weighted by Crippen LogP contribution is 2.31. The van der Waals surface area contributed by atoms with Gasteiger partial charge in [-0.2, -0.15) is 0 Å². The van der Waals surface area contributed by atoms with Crippen molar-refractivity contribution < 1.29 is 4.42 Å². The van der Waals surface area contributed by atoms with Crippen LogP contribution in [-0.4, -0.2) is 20.2 Å². The average Bonchev–Trinajstić information content (AvgIpc) is 3.16. The van der Waals surface area contributed by atoms with Crippen molar-refractivity contribution in [2.45, 2.75) is 10.8 Å². The topological polar surface area (TPSA) is 76.7 Å². The van der Waals surface area contributed by atoms with Crippen LogP contribution in [0.4, 0.5) is 11.7 Å². The molecule has 0 aliphatic rings. The molecule has 0 saturated carbocycles. The normalized spacial score (nSPS) is 10.6. The molecule has 7 heteroatoms. The monoisotopic (exact) mass is 361 g/mol. The first kappa shape index (κ1) is 16.3. The number of pyridine rings is 2. The van der Waals surface area contributed by atoms with Gasteiger partial charge in [-0.05, 0) is 42.0 Å². The third-order valence-electron chi connectivity index (χ3n) is 3.58. The number of para-hydroxylation sites is 1. The van der Waals surface area contributed by atoms with Gasteiger partial charge in [0, 0.05) is 30.0 Å². The van der Waals surface area contributed by atoms with Crippen molar-refractivity contribution in [1.82, 2.24) is 20.2 Å². The van der Waals surface area contributed by atoms with Crippen LogP contribution in [0.15, 0.2) is 82.6 Å². The molecular formula is C19H15N5OS. The van der Waals surface area contributed by atoms with Gasteiger partial charge in [0.25, 0.3) is 5.89 Å². The molecule has 3 heterocycles. The van der Waals surface area contributed by atoms with Crippen molar-refractivity contribution in [3.63, 3.8) is 0 Å². The number of hydrogen-bond donors (Lipinski definition) is 1. The largest absolute Gasteiger partial charge is 0.403 e. The van der Waals surface area contributed by atoms with Gasteiger partial charge >= 0.3 is 6.01 Å². The Labute approximate surface area is 154 Å². The van der Waals surface area contributed by atoms with Crippen LogP contribution in [-0.2, 0) is 5.75 Å². The van der Waals surface area contributed by atoms with Crippen LogP contribution in [0, 0.1) is 0 Å². The SMILES string of the molecule is c1ccc(Nc2nnc(-c3cccnc3SCc3ccncc3)o2)cc1. The molecule has 1 N–H and O–H groups in total. The lowest BCUT2D eigenvalue weighted by molar-refractivity contribution is 0.585. The molecule has 6 nitrogen and oxygen atoms in total. The summed E-state index contributed by atoms with van der Waals surface area (Å²) in [6.45, 7) is 0. The van der Waals surface area contributed by atoms with Crippen LogP contribution in [0.25, 0.3) is 11.5 Å². The highest BCUT2D eigenvalue weighted by molar-refractivity contribution is 7.98. The van der Waals surface area contributed by atoms with E-state index in [0.717, 1.165) is 22.0 Å². The smallest absolute Gasteiger partial charge is 0.320 e. The number of hydrogen-bond acceptors (Lipinski definition) is 7. The standard InChI is InChI=1S/C19H15N5OS/c1-2-5-15(6-3-1)22-19-24-23-17(25-19)16-7-4-10-21-18(16)26-13-14-8-11-20-12-9-14/h1-12H,13H2,(H,22,24). The van der Waals surface area contributed by atoms with E-state index in [0.29, 0.717) is 11.9 Å². The minimum atomic E-state index is 0.347. The van der Waals surface area contributed by atoms with E-state index in [9.17, 15) is 0 Å². The van der Waals surface area contributed by atoms with Crippen LogP contribution in [0.3, 0.4) is 0 Å². The fourth-order valence-electron chi connectivity index (χ4n) is 2.33. The average molecular weight is 361 g/mol. The lowest BCUT2D eigenvalue weighted by atomic mass is 10.3. The van der Waals surface area contributed by atoms with E-state index < -0.39 is 0 Å². The number of nitrogens with one attached hydrogen (secondary N) is 1. The van der Waals surface area contributed by atoms with Gasteiger partial charge in [-0.1, -0.05) is 23.3 Å². The molecule has 4 rings (SSSR count). The van der Waals surface area contributed by atoms with Crippen LogP contribution in [0.5, 0.6) is 0 Å². The fraction of sp³-hybridized carbons (Fsp3) is 0.0526. The van der Waals surface area contributed by atoms with Gasteiger partial charge in [-0.25, -0.2) is 4.98 Å². The number of aromatic nitrogens is 4. The first-order chi connectivity index (χ1) is 12.9. The first-order valence-corrected chi connectivity index (χ1v) is 9.00. The number of benzene rings is 1. The van der Waals surface area contributed by atoms with Crippen molar-refractivity contribution in [3.8, 4) is 11.5 Å². The van der Waals surface area contributed by atoms with Crippen molar-refractivity contribution >= 4 is 23.5 Å². The minimum absolute atomic E-state index is 0.347. The van der Waals surface area contributed by atoms with Gasteiger partial charge in [0.2, 0.25) is 0 Å². The van der Waals surface area contributed by atoms with Gasteiger partial charge < -0.3 is 9.73 Å². The maximum Gasteiger partial charge on any atom is 0.320 e. The van der Waals surface area contributed by atoms with Gasteiger partial charge in [0.15, 0.2) is 0 Å². The molecule has 1 aromatic carbocycles. The second-order valence-electron chi connectivity index (χ2n) is 5.40. The van der Waals surface area contributed by atoms with E-state index >= 15 is 0 Å². The summed E-state index contributed by atoms with van der Waals surface area (Å²) >= 11 is 1.62. The zero-order valence-corrected chi connectivity index (χ0v) is 14.6. The molecule has 0 amide bonds. The zero-order chi connectivity index (χ0) is 17.6. The quantitative estimate of drug-likeness (QED) is 0.504. The number of rotatable bonds is 6.